The van der Waals surface area contributed by atoms with E-state index in [0.717, 1.165) is 0 Å². The summed E-state index contributed by atoms with van der Waals surface area (Å²) in [6.45, 7) is 5.44. The summed E-state index contributed by atoms with van der Waals surface area (Å²) in [5.41, 5.74) is 1.37. The van der Waals surface area contributed by atoms with Crippen LogP contribution in [0.1, 0.15) is 31.5 Å². The normalized spacial score (nSPS) is 16.4. The average molecular weight is 733 g/mol. The highest BCUT2D eigenvalue weighted by Gasteiger charge is 2.42. The number of fused-ring (bicyclic) bond motifs is 1. The minimum Gasteiger partial charge on any atom is -0.495 e. The number of aryl methyl sites for hydroxylation is 1. The SMILES string of the molecule is COc1cc(OC)c(Cl)c(N2Cc3cnc(NC(C)C)nc3N([C@H]3CCN(C(=O)/C=C/C[N+](C)(C)Cc4c([N+](=O)[O-])ncn4C)C3)C2=O)c1Cl. The van der Waals surface area contributed by atoms with Crippen LogP contribution in [0, 0.1) is 10.1 Å². The molecule has 1 aromatic carbocycles. The van der Waals surface area contributed by atoms with Crippen LogP contribution < -0.4 is 24.6 Å². The van der Waals surface area contributed by atoms with Gasteiger partial charge in [-0.2, -0.15) is 4.98 Å². The molecule has 1 atom stereocenters. The maximum atomic E-state index is 14.5. The van der Waals surface area contributed by atoms with Crippen molar-refractivity contribution in [3.05, 3.63) is 62.2 Å². The van der Waals surface area contributed by atoms with Gasteiger partial charge in [0.25, 0.3) is 0 Å². The summed E-state index contributed by atoms with van der Waals surface area (Å²) >= 11 is 13.5. The number of anilines is 3. The van der Waals surface area contributed by atoms with Crippen molar-refractivity contribution in [2.24, 2.45) is 7.05 Å². The molecule has 0 radical (unpaired) electrons. The molecular weight excluding hydrogens is 691 g/mol. The number of ether oxygens (including phenoxy) is 2. The standard InChI is InChI=1S/C32H41Cl2N10O6/c1-19(2)37-31-35-14-20-15-41(28-26(33)23(49-6)13-24(50-7)27(28)34)32(46)42(29(20)38-31)21-10-11-40(16-21)25(45)9-8-12-44(4,5)17-22-30(43(47)48)36-18-39(22)3/h8-9,13-14,18-19,21H,10-12,15-17H2,1-7H3,(H,35,37,38)/q+1/b9-8+/t21-/m0/s1. The number of imidazole rings is 1. The minimum absolute atomic E-state index is 0.0494. The van der Waals surface area contributed by atoms with Crippen LogP contribution in [-0.4, -0.2) is 106 Å². The molecule has 0 aliphatic carbocycles. The van der Waals surface area contributed by atoms with Gasteiger partial charge in [-0.05, 0) is 36.3 Å². The van der Waals surface area contributed by atoms with E-state index in [2.05, 4.69) is 15.3 Å². The zero-order valence-corrected chi connectivity index (χ0v) is 30.5. The number of quaternary nitrogens is 1. The van der Waals surface area contributed by atoms with E-state index in [4.69, 9.17) is 37.7 Å². The molecule has 4 heterocycles. The Hall–Kier alpha value is -4.67. The van der Waals surface area contributed by atoms with Gasteiger partial charge in [-0.3, -0.25) is 14.6 Å². The summed E-state index contributed by atoms with van der Waals surface area (Å²) < 4.78 is 12.9. The molecule has 3 aromatic rings. The monoisotopic (exact) mass is 731 g/mol. The number of nitrogens with zero attached hydrogens (tertiary/aromatic N) is 9. The molecule has 268 valence electrons. The lowest BCUT2D eigenvalue weighted by Gasteiger charge is -2.39. The molecule has 5 rings (SSSR count). The lowest BCUT2D eigenvalue weighted by atomic mass is 10.1. The average Bonchev–Trinajstić information content (AvgIpc) is 3.68. The summed E-state index contributed by atoms with van der Waals surface area (Å²) in [5, 5.41) is 14.9. The Labute approximate surface area is 299 Å². The van der Waals surface area contributed by atoms with E-state index in [1.165, 1.54) is 31.5 Å². The lowest BCUT2D eigenvalue weighted by molar-refractivity contribution is -0.898. The van der Waals surface area contributed by atoms with Crippen molar-refractivity contribution in [2.75, 3.05) is 63.1 Å². The fraction of sp³-hybridized carbons (Fsp3) is 0.469. The van der Waals surface area contributed by atoms with Crippen molar-refractivity contribution in [1.29, 1.82) is 0 Å². The van der Waals surface area contributed by atoms with E-state index < -0.39 is 17.0 Å². The number of likely N-dealkylation sites (N-methyl/N-ethyl adjacent to an activating group) is 1. The number of methoxy groups -OCH3 is 2. The number of likely N-dealkylation sites (tertiary alicyclic amines) is 1. The maximum Gasteiger partial charge on any atom is 0.390 e. The molecule has 0 bridgehead atoms. The van der Waals surface area contributed by atoms with Crippen LogP contribution in [0.15, 0.2) is 30.7 Å². The van der Waals surface area contributed by atoms with Crippen molar-refractivity contribution in [3.63, 3.8) is 0 Å². The number of benzene rings is 1. The Morgan fingerprint density at radius 2 is 1.88 bits per heavy atom. The topological polar surface area (TPSA) is 161 Å². The number of amides is 3. The Kier molecular flexibility index (Phi) is 10.7. The van der Waals surface area contributed by atoms with Gasteiger partial charge in [0.2, 0.25) is 18.2 Å². The molecule has 3 amide bonds. The number of rotatable bonds is 12. The summed E-state index contributed by atoms with van der Waals surface area (Å²) in [6, 6.07) is 0.751. The Bertz CT molecular complexity index is 1800. The fourth-order valence-corrected chi connectivity index (χ4v) is 6.77. The zero-order chi connectivity index (χ0) is 36.5. The quantitative estimate of drug-likeness (QED) is 0.120. The number of nitro groups is 1. The van der Waals surface area contributed by atoms with E-state index in [9.17, 15) is 19.7 Å². The van der Waals surface area contributed by atoms with Gasteiger partial charge in [0.05, 0.1) is 53.1 Å². The highest BCUT2D eigenvalue weighted by Crippen LogP contribution is 2.48. The predicted octanol–water partition coefficient (Wildman–Crippen LogP) is 4.64. The second kappa shape index (κ2) is 14.7. The molecule has 1 N–H and O–H groups in total. The predicted molar refractivity (Wildman–Crippen MR) is 189 cm³/mol. The third-order valence-electron chi connectivity index (χ3n) is 8.56. The van der Waals surface area contributed by atoms with Crippen LogP contribution in [0.2, 0.25) is 10.0 Å². The van der Waals surface area contributed by atoms with Crippen LogP contribution in [0.5, 0.6) is 11.5 Å². The Balaban J connectivity index is 1.39. The molecule has 2 aromatic heterocycles. The van der Waals surface area contributed by atoms with Gasteiger partial charge in [-0.1, -0.05) is 23.2 Å². The number of nitrogens with one attached hydrogen (secondary N) is 1. The van der Waals surface area contributed by atoms with Crippen LogP contribution >= 0.6 is 23.2 Å². The van der Waals surface area contributed by atoms with Gasteiger partial charge < -0.3 is 38.9 Å². The number of hydrogen-bond donors (Lipinski definition) is 1. The molecule has 50 heavy (non-hydrogen) atoms. The molecule has 0 unspecified atom stereocenters. The van der Waals surface area contributed by atoms with Gasteiger partial charge in [0.1, 0.15) is 33.9 Å². The maximum absolute atomic E-state index is 14.5. The van der Waals surface area contributed by atoms with Gasteiger partial charge in [0, 0.05) is 50.1 Å². The second-order valence-corrected chi connectivity index (χ2v) is 13.9. The van der Waals surface area contributed by atoms with Crippen molar-refractivity contribution in [3.8, 4) is 11.5 Å². The molecule has 0 saturated carbocycles. The molecule has 2 aliphatic heterocycles. The molecule has 0 spiro atoms. The molecule has 2 aliphatic rings. The largest absolute Gasteiger partial charge is 0.495 e. The summed E-state index contributed by atoms with van der Waals surface area (Å²) in [5.74, 6) is 0.978. The lowest BCUT2D eigenvalue weighted by Crippen LogP contribution is -2.53. The van der Waals surface area contributed by atoms with Gasteiger partial charge in [-0.25, -0.2) is 9.78 Å². The Morgan fingerprint density at radius 1 is 1.20 bits per heavy atom. The van der Waals surface area contributed by atoms with Crippen LogP contribution in [0.4, 0.5) is 28.1 Å². The summed E-state index contributed by atoms with van der Waals surface area (Å²) in [4.78, 5) is 56.7. The summed E-state index contributed by atoms with van der Waals surface area (Å²) in [7, 11) is 8.47. The second-order valence-electron chi connectivity index (χ2n) is 13.1. The van der Waals surface area contributed by atoms with E-state index in [-0.39, 0.29) is 58.1 Å². The number of carbonyl (C=O) groups excluding carboxylic acids is 2. The van der Waals surface area contributed by atoms with Crippen molar-refractivity contribution in [2.45, 2.75) is 45.4 Å². The van der Waals surface area contributed by atoms with Crippen molar-refractivity contribution >= 4 is 58.4 Å². The third-order valence-corrected chi connectivity index (χ3v) is 9.29. The third kappa shape index (κ3) is 7.41. The number of aromatic nitrogens is 4. The van der Waals surface area contributed by atoms with E-state index in [1.807, 2.05) is 27.9 Å². The smallest absolute Gasteiger partial charge is 0.390 e. The highest BCUT2D eigenvalue weighted by atomic mass is 35.5. The molecule has 1 fully saturated rings. The molecule has 16 nitrogen and oxygen atoms in total. The highest BCUT2D eigenvalue weighted by molar-refractivity contribution is 6.42. The van der Waals surface area contributed by atoms with Crippen LogP contribution in [-0.2, 0) is 24.9 Å². The number of hydrogen-bond acceptors (Lipinski definition) is 10. The van der Waals surface area contributed by atoms with Gasteiger partial charge in [0.15, 0.2) is 5.69 Å². The van der Waals surface area contributed by atoms with Crippen molar-refractivity contribution in [1.82, 2.24) is 24.4 Å². The van der Waals surface area contributed by atoms with E-state index in [1.54, 1.807) is 39.8 Å². The van der Waals surface area contributed by atoms with E-state index in [0.29, 0.717) is 53.6 Å². The number of urea groups is 1. The number of carbonyl (C=O) groups is 2. The van der Waals surface area contributed by atoms with Gasteiger partial charge in [-0.15, -0.1) is 0 Å². The first-order valence-electron chi connectivity index (χ1n) is 15.9. The minimum atomic E-state index is -0.492. The first-order valence-corrected chi connectivity index (χ1v) is 16.7. The first-order chi connectivity index (χ1) is 23.6. The first kappa shape index (κ1) is 36.6. The van der Waals surface area contributed by atoms with Crippen LogP contribution in [0.25, 0.3) is 0 Å². The zero-order valence-electron chi connectivity index (χ0n) is 29.0. The van der Waals surface area contributed by atoms with Crippen LogP contribution in [0.3, 0.4) is 0 Å². The van der Waals surface area contributed by atoms with Gasteiger partial charge >= 0.3 is 11.8 Å². The Morgan fingerprint density at radius 3 is 2.50 bits per heavy atom. The molecular formula is C32H41Cl2N10O6+. The number of halogens is 2. The van der Waals surface area contributed by atoms with E-state index >= 15 is 0 Å². The molecule has 1 saturated heterocycles. The summed E-state index contributed by atoms with van der Waals surface area (Å²) in [6.07, 6.45) is 6.85. The molecule has 18 heteroatoms. The fourth-order valence-electron chi connectivity index (χ4n) is 6.06. The van der Waals surface area contributed by atoms with Crippen molar-refractivity contribution < 1.29 is 28.5 Å².